The quantitative estimate of drug-likeness (QED) is 0.416. The Morgan fingerprint density at radius 1 is 1.20 bits per heavy atom. The molecule has 3 atom stereocenters. The monoisotopic (exact) mass is 337 g/mol. The van der Waals surface area contributed by atoms with Crippen molar-refractivity contribution < 1.29 is 14.3 Å². The summed E-state index contributed by atoms with van der Waals surface area (Å²) in [5.41, 5.74) is 1.16. The minimum atomic E-state index is -0.567. The minimum absolute atomic E-state index is 0.280. The Morgan fingerprint density at radius 2 is 1.76 bits per heavy atom. The number of methoxy groups -OCH3 is 1. The fraction of sp³-hybridized carbons (Fsp3) is 0.333. The Morgan fingerprint density at radius 3 is 2.20 bits per heavy atom. The predicted octanol–water partition coefficient (Wildman–Crippen LogP) is 2.99. The zero-order valence-corrected chi connectivity index (χ0v) is 14.5. The third kappa shape index (κ3) is 3.83. The average Bonchev–Trinajstić information content (AvgIpc) is 2.88. The van der Waals surface area contributed by atoms with Gasteiger partial charge in [0.25, 0.3) is 0 Å². The van der Waals surface area contributed by atoms with Crippen molar-refractivity contribution in [1.82, 2.24) is 4.90 Å². The fourth-order valence-electron chi connectivity index (χ4n) is 3.12. The molecule has 2 rings (SSSR count). The van der Waals surface area contributed by atoms with E-state index < -0.39 is 17.9 Å². The zero-order valence-electron chi connectivity index (χ0n) is 14.5. The van der Waals surface area contributed by atoms with Crippen LogP contribution in [0.2, 0.25) is 0 Å². The number of benzene rings is 1. The Kier molecular flexibility index (Phi) is 6.19. The maximum atomic E-state index is 12.5. The molecular formula is C21H23NO3. The van der Waals surface area contributed by atoms with Gasteiger partial charge in [-0.15, -0.1) is 19.6 Å². The number of likely N-dealkylation sites (tertiary alicyclic amines) is 1. The molecule has 130 valence electrons. The third-order valence-electron chi connectivity index (χ3n) is 4.55. The van der Waals surface area contributed by atoms with Crippen molar-refractivity contribution in [2.75, 3.05) is 7.11 Å². The van der Waals surface area contributed by atoms with Gasteiger partial charge in [0, 0.05) is 0 Å². The Bertz CT molecular complexity index is 673. The highest BCUT2D eigenvalue weighted by atomic mass is 16.5. The Hall–Kier alpha value is -2.80. The summed E-state index contributed by atoms with van der Waals surface area (Å²) >= 11 is 0. The van der Waals surface area contributed by atoms with Crippen LogP contribution in [0.25, 0.3) is 0 Å². The van der Waals surface area contributed by atoms with Gasteiger partial charge in [-0.3, -0.25) is 14.5 Å². The number of hydrogen-bond acceptors (Lipinski definition) is 3. The summed E-state index contributed by atoms with van der Waals surface area (Å²) in [5, 5.41) is 0. The minimum Gasteiger partial charge on any atom is -0.497 e. The van der Waals surface area contributed by atoms with Crippen LogP contribution in [0.1, 0.15) is 18.4 Å². The molecule has 1 saturated heterocycles. The van der Waals surface area contributed by atoms with Crippen molar-refractivity contribution in [3.63, 3.8) is 0 Å². The summed E-state index contributed by atoms with van der Waals surface area (Å²) < 4.78 is 5.14. The van der Waals surface area contributed by atoms with Gasteiger partial charge in [-0.2, -0.15) is 0 Å². The second kappa shape index (κ2) is 8.34. The van der Waals surface area contributed by atoms with E-state index in [0.29, 0.717) is 6.42 Å². The van der Waals surface area contributed by atoms with Gasteiger partial charge in [0.15, 0.2) is 0 Å². The fourth-order valence-corrected chi connectivity index (χ4v) is 3.12. The number of carbonyl (C=O) groups is 2. The molecule has 1 fully saturated rings. The van der Waals surface area contributed by atoms with Gasteiger partial charge in [0.05, 0.1) is 18.9 Å². The van der Waals surface area contributed by atoms with Crippen molar-refractivity contribution >= 4 is 11.8 Å². The van der Waals surface area contributed by atoms with E-state index >= 15 is 0 Å². The highest BCUT2D eigenvalue weighted by molar-refractivity contribution is 6.07. The van der Waals surface area contributed by atoms with E-state index in [0.717, 1.165) is 24.2 Å². The van der Waals surface area contributed by atoms with Crippen LogP contribution >= 0.6 is 0 Å². The van der Waals surface area contributed by atoms with Crippen LogP contribution in [0.3, 0.4) is 0 Å². The molecule has 4 nitrogen and oxygen atoms in total. The topological polar surface area (TPSA) is 46.6 Å². The first-order chi connectivity index (χ1) is 12.1. The lowest BCUT2D eigenvalue weighted by Crippen LogP contribution is -2.40. The van der Waals surface area contributed by atoms with Crippen molar-refractivity contribution in [2.24, 2.45) is 11.8 Å². The lowest BCUT2D eigenvalue weighted by atomic mass is 9.95. The molecule has 25 heavy (non-hydrogen) atoms. The van der Waals surface area contributed by atoms with Gasteiger partial charge in [-0.05, 0) is 37.0 Å². The van der Waals surface area contributed by atoms with Crippen LogP contribution in [-0.4, -0.2) is 29.9 Å². The number of terminal acetylenes is 1. The SMILES string of the molecule is C#CC(CCCc1ccc(OC)cc1)N1C(=O)C(C=C)C(C=C)C1=O. The lowest BCUT2D eigenvalue weighted by molar-refractivity contribution is -0.141. The second-order valence-corrected chi connectivity index (χ2v) is 5.99. The maximum Gasteiger partial charge on any atom is 0.238 e. The number of aryl methyl sites for hydroxylation is 1. The summed E-state index contributed by atoms with van der Waals surface area (Å²) in [5.74, 6) is 1.71. The molecule has 4 heteroatoms. The van der Waals surface area contributed by atoms with E-state index in [1.54, 1.807) is 7.11 Å². The molecule has 1 aromatic carbocycles. The third-order valence-corrected chi connectivity index (χ3v) is 4.55. The molecule has 0 aromatic heterocycles. The number of nitrogens with zero attached hydrogens (tertiary/aromatic N) is 1. The van der Waals surface area contributed by atoms with Crippen LogP contribution in [0.5, 0.6) is 5.75 Å². The summed E-state index contributed by atoms with van der Waals surface area (Å²) in [6.07, 6.45) is 10.7. The Labute approximate surface area is 149 Å². The number of hydrogen-bond donors (Lipinski definition) is 0. The van der Waals surface area contributed by atoms with E-state index in [9.17, 15) is 9.59 Å². The van der Waals surface area contributed by atoms with E-state index in [-0.39, 0.29) is 11.8 Å². The number of ether oxygens (including phenoxy) is 1. The van der Waals surface area contributed by atoms with Gasteiger partial charge in [0.2, 0.25) is 11.8 Å². The molecule has 3 unspecified atom stereocenters. The van der Waals surface area contributed by atoms with Crippen LogP contribution in [-0.2, 0) is 16.0 Å². The number of carbonyl (C=O) groups excluding carboxylic acids is 2. The summed E-state index contributed by atoms with van der Waals surface area (Å²) in [6, 6.07) is 7.27. The number of imide groups is 1. The van der Waals surface area contributed by atoms with Crippen LogP contribution in [0.4, 0.5) is 0 Å². The molecule has 0 bridgehead atoms. The summed E-state index contributed by atoms with van der Waals surface area (Å²) in [4.78, 5) is 26.2. The normalized spacial score (nSPS) is 20.9. The summed E-state index contributed by atoms with van der Waals surface area (Å²) in [6.45, 7) is 7.30. The van der Waals surface area contributed by atoms with E-state index in [4.69, 9.17) is 11.2 Å². The highest BCUT2D eigenvalue weighted by Gasteiger charge is 2.46. The molecule has 0 aliphatic carbocycles. The Balaban J connectivity index is 2.01. The second-order valence-electron chi connectivity index (χ2n) is 5.99. The maximum absolute atomic E-state index is 12.5. The van der Waals surface area contributed by atoms with E-state index in [1.165, 1.54) is 17.1 Å². The molecule has 1 aliphatic rings. The standard InChI is InChI=1S/C21H23NO3/c1-5-16(10-8-9-15-11-13-17(25-4)14-12-15)22-20(23)18(6-2)19(7-3)21(22)24/h1,6-7,11-14,16,18-19H,2-3,8-10H2,4H3. The van der Waals surface area contributed by atoms with Gasteiger partial charge in [-0.25, -0.2) is 0 Å². The number of rotatable bonds is 8. The van der Waals surface area contributed by atoms with Crippen LogP contribution in [0, 0.1) is 24.2 Å². The number of amides is 2. The molecule has 1 aliphatic heterocycles. The van der Waals surface area contributed by atoms with Gasteiger partial charge < -0.3 is 4.74 Å². The predicted molar refractivity (Wildman–Crippen MR) is 97.8 cm³/mol. The molecule has 0 N–H and O–H groups in total. The van der Waals surface area contributed by atoms with E-state index in [1.807, 2.05) is 24.3 Å². The largest absolute Gasteiger partial charge is 0.497 e. The first-order valence-corrected chi connectivity index (χ1v) is 8.28. The molecule has 0 radical (unpaired) electrons. The van der Waals surface area contributed by atoms with Gasteiger partial charge in [0.1, 0.15) is 11.8 Å². The van der Waals surface area contributed by atoms with Gasteiger partial charge >= 0.3 is 0 Å². The molecule has 0 saturated carbocycles. The highest BCUT2D eigenvalue weighted by Crippen LogP contribution is 2.30. The van der Waals surface area contributed by atoms with Crippen molar-refractivity contribution in [3.8, 4) is 18.1 Å². The molecular weight excluding hydrogens is 314 g/mol. The average molecular weight is 337 g/mol. The van der Waals surface area contributed by atoms with Crippen LogP contribution < -0.4 is 4.74 Å². The van der Waals surface area contributed by atoms with Crippen molar-refractivity contribution in [1.29, 1.82) is 0 Å². The summed E-state index contributed by atoms with van der Waals surface area (Å²) in [7, 11) is 1.63. The zero-order chi connectivity index (χ0) is 18.4. The lowest BCUT2D eigenvalue weighted by Gasteiger charge is -2.22. The molecule has 1 aromatic rings. The first kappa shape index (κ1) is 18.5. The first-order valence-electron chi connectivity index (χ1n) is 8.28. The van der Waals surface area contributed by atoms with E-state index in [2.05, 4.69) is 19.1 Å². The molecule has 0 spiro atoms. The van der Waals surface area contributed by atoms with Crippen molar-refractivity contribution in [2.45, 2.75) is 25.3 Å². The smallest absolute Gasteiger partial charge is 0.238 e. The van der Waals surface area contributed by atoms with Crippen LogP contribution in [0.15, 0.2) is 49.6 Å². The molecule has 2 amide bonds. The molecule has 1 heterocycles. The van der Waals surface area contributed by atoms with Crippen molar-refractivity contribution in [3.05, 3.63) is 55.1 Å². The van der Waals surface area contributed by atoms with Gasteiger partial charge in [-0.1, -0.05) is 30.2 Å².